The summed E-state index contributed by atoms with van der Waals surface area (Å²) >= 11 is 0. The molecule has 0 spiro atoms. The van der Waals surface area contributed by atoms with Crippen molar-refractivity contribution in [2.45, 2.75) is 12.6 Å². The monoisotopic (exact) mass is 262 g/mol. The van der Waals surface area contributed by atoms with Gasteiger partial charge in [0.25, 0.3) is 0 Å². The summed E-state index contributed by atoms with van der Waals surface area (Å²) < 4.78 is 0. The first-order valence-electron chi connectivity index (χ1n) is 6.81. The Balaban J connectivity index is 1.96. The molecule has 0 fully saturated rings. The largest absolute Gasteiger partial charge is 0.326 e. The zero-order valence-corrected chi connectivity index (χ0v) is 11.3. The second-order valence-electron chi connectivity index (χ2n) is 5.03. The molecule has 4 N–H and O–H groups in total. The molecule has 20 heavy (non-hydrogen) atoms. The van der Waals surface area contributed by atoms with Crippen LogP contribution in [0.3, 0.4) is 0 Å². The maximum atomic E-state index is 6.37. The molecule has 0 amide bonds. The minimum Gasteiger partial charge on any atom is -0.326 e. The van der Waals surface area contributed by atoms with Crippen LogP contribution < -0.4 is 11.5 Å². The number of hydrogen-bond donors (Lipinski definition) is 2. The SMILES string of the molecule is NCc1ccc(C(N)c2ccc3ccccc3c2)cc1. The molecule has 3 aromatic carbocycles. The molecule has 3 aromatic rings. The molecule has 3 rings (SSSR count). The van der Waals surface area contributed by atoms with Gasteiger partial charge in [0.2, 0.25) is 0 Å². The molecule has 1 atom stereocenters. The van der Waals surface area contributed by atoms with Crippen molar-refractivity contribution in [1.82, 2.24) is 0 Å². The van der Waals surface area contributed by atoms with Crippen molar-refractivity contribution >= 4 is 10.8 Å². The van der Waals surface area contributed by atoms with Gasteiger partial charge in [0.05, 0.1) is 6.04 Å². The predicted octanol–water partition coefficient (Wildman–Crippen LogP) is 3.35. The summed E-state index contributed by atoms with van der Waals surface area (Å²) in [7, 11) is 0. The lowest BCUT2D eigenvalue weighted by Gasteiger charge is -2.14. The third-order valence-electron chi connectivity index (χ3n) is 3.71. The highest BCUT2D eigenvalue weighted by molar-refractivity contribution is 5.83. The van der Waals surface area contributed by atoms with E-state index in [1.165, 1.54) is 10.8 Å². The molecule has 0 aliphatic carbocycles. The number of benzene rings is 3. The molecule has 0 aromatic heterocycles. The Hall–Kier alpha value is -2.16. The van der Waals surface area contributed by atoms with Crippen LogP contribution in [0.4, 0.5) is 0 Å². The number of fused-ring (bicyclic) bond motifs is 1. The molecule has 0 saturated heterocycles. The van der Waals surface area contributed by atoms with Gasteiger partial charge in [-0.05, 0) is 33.5 Å². The molecule has 2 heteroatoms. The van der Waals surface area contributed by atoms with Gasteiger partial charge >= 0.3 is 0 Å². The van der Waals surface area contributed by atoms with Gasteiger partial charge in [0, 0.05) is 6.54 Å². The average Bonchev–Trinajstić information content (AvgIpc) is 2.54. The van der Waals surface area contributed by atoms with Gasteiger partial charge in [-0.2, -0.15) is 0 Å². The highest BCUT2D eigenvalue weighted by Gasteiger charge is 2.09. The van der Waals surface area contributed by atoms with Crippen molar-refractivity contribution in [1.29, 1.82) is 0 Å². The van der Waals surface area contributed by atoms with Crippen LogP contribution in [0.1, 0.15) is 22.7 Å². The van der Waals surface area contributed by atoms with Crippen molar-refractivity contribution in [3.05, 3.63) is 83.4 Å². The van der Waals surface area contributed by atoms with Gasteiger partial charge in [0.15, 0.2) is 0 Å². The molecule has 0 aliphatic heterocycles. The number of nitrogens with two attached hydrogens (primary N) is 2. The molecular formula is C18H18N2. The third kappa shape index (κ3) is 2.44. The van der Waals surface area contributed by atoms with Crippen LogP contribution >= 0.6 is 0 Å². The first kappa shape index (κ1) is 12.9. The van der Waals surface area contributed by atoms with E-state index in [1.807, 2.05) is 24.3 Å². The average molecular weight is 262 g/mol. The minimum atomic E-state index is -0.105. The van der Waals surface area contributed by atoms with E-state index in [0.717, 1.165) is 16.7 Å². The molecular weight excluding hydrogens is 244 g/mol. The van der Waals surface area contributed by atoms with E-state index in [-0.39, 0.29) is 6.04 Å². The lowest BCUT2D eigenvalue weighted by molar-refractivity contribution is 0.871. The summed E-state index contributed by atoms with van der Waals surface area (Å²) in [6.45, 7) is 0.561. The number of rotatable bonds is 3. The normalized spacial score (nSPS) is 12.5. The van der Waals surface area contributed by atoms with E-state index >= 15 is 0 Å². The first-order valence-corrected chi connectivity index (χ1v) is 6.81. The summed E-state index contributed by atoms with van der Waals surface area (Å²) in [5, 5.41) is 2.46. The molecule has 0 bridgehead atoms. The van der Waals surface area contributed by atoms with Crippen molar-refractivity contribution in [3.63, 3.8) is 0 Å². The topological polar surface area (TPSA) is 52.0 Å². The van der Waals surface area contributed by atoms with Crippen LogP contribution in [0.25, 0.3) is 10.8 Å². The predicted molar refractivity (Wildman–Crippen MR) is 84.3 cm³/mol. The van der Waals surface area contributed by atoms with Crippen LogP contribution in [0.15, 0.2) is 66.7 Å². The van der Waals surface area contributed by atoms with E-state index in [2.05, 4.69) is 42.5 Å². The summed E-state index contributed by atoms with van der Waals surface area (Å²) in [5.74, 6) is 0. The molecule has 100 valence electrons. The van der Waals surface area contributed by atoms with Crippen molar-refractivity contribution in [2.24, 2.45) is 11.5 Å². The Labute approximate surface area is 119 Å². The highest BCUT2D eigenvalue weighted by atomic mass is 14.6. The first-order chi connectivity index (χ1) is 9.78. The van der Waals surface area contributed by atoms with E-state index in [4.69, 9.17) is 11.5 Å². The Morgan fingerprint density at radius 2 is 1.40 bits per heavy atom. The Kier molecular flexibility index (Phi) is 3.50. The fraction of sp³-hybridized carbons (Fsp3) is 0.111. The van der Waals surface area contributed by atoms with Gasteiger partial charge in [0.1, 0.15) is 0 Å². The van der Waals surface area contributed by atoms with Crippen LogP contribution in [-0.2, 0) is 6.54 Å². The molecule has 2 nitrogen and oxygen atoms in total. The second kappa shape index (κ2) is 5.45. The summed E-state index contributed by atoms with van der Waals surface area (Å²) in [5.41, 5.74) is 15.3. The molecule has 0 radical (unpaired) electrons. The van der Waals surface area contributed by atoms with E-state index < -0.39 is 0 Å². The fourth-order valence-electron chi connectivity index (χ4n) is 2.45. The Bertz CT molecular complexity index is 717. The van der Waals surface area contributed by atoms with E-state index in [9.17, 15) is 0 Å². The highest BCUT2D eigenvalue weighted by Crippen LogP contribution is 2.24. The Morgan fingerprint density at radius 1 is 0.750 bits per heavy atom. The zero-order chi connectivity index (χ0) is 13.9. The van der Waals surface area contributed by atoms with Crippen LogP contribution in [0, 0.1) is 0 Å². The van der Waals surface area contributed by atoms with Crippen molar-refractivity contribution in [3.8, 4) is 0 Å². The van der Waals surface area contributed by atoms with Crippen molar-refractivity contribution in [2.75, 3.05) is 0 Å². The third-order valence-corrected chi connectivity index (χ3v) is 3.71. The fourth-order valence-corrected chi connectivity index (χ4v) is 2.45. The molecule has 0 saturated carbocycles. The zero-order valence-electron chi connectivity index (χ0n) is 11.3. The van der Waals surface area contributed by atoms with Gasteiger partial charge < -0.3 is 11.5 Å². The minimum absolute atomic E-state index is 0.105. The number of hydrogen-bond acceptors (Lipinski definition) is 2. The van der Waals surface area contributed by atoms with Gasteiger partial charge in [-0.15, -0.1) is 0 Å². The van der Waals surface area contributed by atoms with Crippen LogP contribution in [0.2, 0.25) is 0 Å². The summed E-state index contributed by atoms with van der Waals surface area (Å²) in [6.07, 6.45) is 0. The van der Waals surface area contributed by atoms with Gasteiger partial charge in [-0.1, -0.05) is 60.7 Å². The second-order valence-corrected chi connectivity index (χ2v) is 5.03. The van der Waals surface area contributed by atoms with Crippen LogP contribution in [-0.4, -0.2) is 0 Å². The quantitative estimate of drug-likeness (QED) is 0.760. The lowest BCUT2D eigenvalue weighted by atomic mass is 9.96. The Morgan fingerprint density at radius 3 is 2.10 bits per heavy atom. The maximum Gasteiger partial charge on any atom is 0.0551 e. The summed E-state index contributed by atoms with van der Waals surface area (Å²) in [6, 6.07) is 22.8. The van der Waals surface area contributed by atoms with Crippen LogP contribution in [0.5, 0.6) is 0 Å². The summed E-state index contributed by atoms with van der Waals surface area (Å²) in [4.78, 5) is 0. The molecule has 0 heterocycles. The van der Waals surface area contributed by atoms with Gasteiger partial charge in [-0.25, -0.2) is 0 Å². The van der Waals surface area contributed by atoms with Crippen molar-refractivity contribution < 1.29 is 0 Å². The van der Waals surface area contributed by atoms with Gasteiger partial charge in [-0.3, -0.25) is 0 Å². The lowest BCUT2D eigenvalue weighted by Crippen LogP contribution is -2.12. The maximum absolute atomic E-state index is 6.37. The smallest absolute Gasteiger partial charge is 0.0551 e. The molecule has 1 unspecified atom stereocenters. The standard InChI is InChI=1S/C18H18N2/c19-12-13-5-7-15(8-6-13)18(20)17-10-9-14-3-1-2-4-16(14)11-17/h1-11,18H,12,19-20H2. The van der Waals surface area contributed by atoms with E-state index in [0.29, 0.717) is 6.54 Å². The van der Waals surface area contributed by atoms with E-state index in [1.54, 1.807) is 0 Å². The molecule has 0 aliphatic rings.